The molecule has 0 aliphatic carbocycles. The van der Waals surface area contributed by atoms with Gasteiger partial charge in [0.15, 0.2) is 0 Å². The van der Waals surface area contributed by atoms with E-state index in [-0.39, 0.29) is 11.9 Å². The number of thiazole rings is 1. The van der Waals surface area contributed by atoms with E-state index in [9.17, 15) is 4.79 Å². The molecule has 3 aromatic heterocycles. The van der Waals surface area contributed by atoms with Crippen LogP contribution >= 0.6 is 34.5 Å². The molecule has 9 heteroatoms. The summed E-state index contributed by atoms with van der Waals surface area (Å²) in [6, 6.07) is 14.7. The van der Waals surface area contributed by atoms with Gasteiger partial charge in [0.1, 0.15) is 5.69 Å². The number of halogens is 2. The van der Waals surface area contributed by atoms with Crippen LogP contribution in [0.15, 0.2) is 53.9 Å². The molecule has 0 fully saturated rings. The van der Waals surface area contributed by atoms with Crippen molar-refractivity contribution in [1.29, 1.82) is 0 Å². The summed E-state index contributed by atoms with van der Waals surface area (Å²) in [5.41, 5.74) is 2.95. The first-order chi connectivity index (χ1) is 13.6. The van der Waals surface area contributed by atoms with Gasteiger partial charge in [-0.25, -0.2) is 4.52 Å². The van der Waals surface area contributed by atoms with E-state index in [0.29, 0.717) is 20.7 Å². The third kappa shape index (κ3) is 2.93. The number of para-hydroxylation sites is 1. The molecule has 5 aromatic rings. The maximum atomic E-state index is 12.6. The molecule has 0 spiro atoms. The van der Waals surface area contributed by atoms with Gasteiger partial charge in [0.2, 0.25) is 4.96 Å². The second kappa shape index (κ2) is 6.63. The fourth-order valence-corrected chi connectivity index (χ4v) is 4.15. The molecule has 138 valence electrons. The van der Waals surface area contributed by atoms with Crippen LogP contribution in [0.1, 0.15) is 10.5 Å². The summed E-state index contributed by atoms with van der Waals surface area (Å²) in [5, 5.41) is 11.2. The van der Waals surface area contributed by atoms with Crippen molar-refractivity contribution < 1.29 is 4.79 Å². The van der Waals surface area contributed by atoms with Gasteiger partial charge in [-0.1, -0.05) is 47.5 Å². The van der Waals surface area contributed by atoms with Crippen LogP contribution in [0.3, 0.4) is 0 Å². The molecule has 0 aliphatic heterocycles. The number of rotatable bonds is 3. The Kier molecular flexibility index (Phi) is 4.08. The SMILES string of the molecule is O=C(Nc1nc2scc(-c3ccc(Cl)cc3)n2n1)c1cc2cccc(Cl)c2[nH]1. The lowest BCUT2D eigenvalue weighted by atomic mass is 10.2. The third-order valence-electron chi connectivity index (χ3n) is 4.30. The van der Waals surface area contributed by atoms with Crippen LogP contribution < -0.4 is 5.32 Å². The minimum absolute atomic E-state index is 0.233. The fraction of sp³-hybridized carbons (Fsp3) is 0. The van der Waals surface area contributed by atoms with Crippen molar-refractivity contribution in [1.82, 2.24) is 19.6 Å². The molecular weight excluding hydrogens is 417 g/mol. The maximum absolute atomic E-state index is 12.6. The largest absolute Gasteiger partial charge is 0.349 e. The van der Waals surface area contributed by atoms with Crippen LogP contribution in [0.25, 0.3) is 27.1 Å². The Balaban J connectivity index is 1.45. The van der Waals surface area contributed by atoms with Crippen LogP contribution in [0.2, 0.25) is 10.0 Å². The molecule has 0 atom stereocenters. The van der Waals surface area contributed by atoms with E-state index in [1.807, 2.05) is 41.8 Å². The zero-order valence-electron chi connectivity index (χ0n) is 14.1. The van der Waals surface area contributed by atoms with Crippen LogP contribution in [0.5, 0.6) is 0 Å². The van der Waals surface area contributed by atoms with E-state index in [0.717, 1.165) is 22.2 Å². The van der Waals surface area contributed by atoms with Crippen LogP contribution in [-0.4, -0.2) is 25.5 Å². The van der Waals surface area contributed by atoms with Gasteiger partial charge < -0.3 is 4.98 Å². The standard InChI is InChI=1S/C19H11Cl2N5OS/c20-12-6-4-10(5-7-12)15-9-28-19-24-18(25-26(15)19)23-17(27)14-8-11-2-1-3-13(21)16(11)22-14/h1-9,22H,(H,23,25,27). The molecule has 3 heterocycles. The summed E-state index contributed by atoms with van der Waals surface area (Å²) in [5.74, 6) is -0.102. The number of carbonyl (C=O) groups is 1. The molecular formula is C19H11Cl2N5OS. The summed E-state index contributed by atoms with van der Waals surface area (Å²) in [7, 11) is 0. The fourth-order valence-electron chi connectivity index (χ4n) is 2.96. The quantitative estimate of drug-likeness (QED) is 0.399. The van der Waals surface area contributed by atoms with Gasteiger partial charge in [0.25, 0.3) is 11.9 Å². The Morgan fingerprint density at radius 3 is 2.75 bits per heavy atom. The summed E-state index contributed by atoms with van der Waals surface area (Å²) in [6.07, 6.45) is 0. The molecule has 0 bridgehead atoms. The minimum atomic E-state index is -0.335. The first-order valence-electron chi connectivity index (χ1n) is 8.27. The second-order valence-electron chi connectivity index (χ2n) is 6.10. The lowest BCUT2D eigenvalue weighted by Crippen LogP contribution is -2.13. The molecule has 0 unspecified atom stereocenters. The van der Waals surface area contributed by atoms with E-state index in [2.05, 4.69) is 20.4 Å². The normalized spacial score (nSPS) is 11.4. The van der Waals surface area contributed by atoms with Crippen molar-refractivity contribution in [3.05, 3.63) is 69.7 Å². The number of anilines is 1. The smallest absolute Gasteiger partial charge is 0.274 e. The number of carbonyl (C=O) groups excluding carboxylic acids is 1. The zero-order valence-corrected chi connectivity index (χ0v) is 16.4. The molecule has 0 aliphatic rings. The first kappa shape index (κ1) is 17.2. The Morgan fingerprint density at radius 1 is 1.14 bits per heavy atom. The van der Waals surface area contributed by atoms with Gasteiger partial charge in [0, 0.05) is 21.4 Å². The van der Waals surface area contributed by atoms with E-state index < -0.39 is 0 Å². The maximum Gasteiger partial charge on any atom is 0.274 e. The van der Waals surface area contributed by atoms with Gasteiger partial charge >= 0.3 is 0 Å². The van der Waals surface area contributed by atoms with Crippen LogP contribution in [-0.2, 0) is 0 Å². The van der Waals surface area contributed by atoms with Gasteiger partial charge in [-0.3, -0.25) is 10.1 Å². The van der Waals surface area contributed by atoms with E-state index in [1.165, 1.54) is 11.3 Å². The van der Waals surface area contributed by atoms with E-state index in [1.54, 1.807) is 16.6 Å². The number of hydrogen-bond donors (Lipinski definition) is 2. The molecule has 0 saturated heterocycles. The number of aromatic nitrogens is 4. The van der Waals surface area contributed by atoms with Crippen molar-refractivity contribution in [2.75, 3.05) is 5.32 Å². The predicted octanol–water partition coefficient (Wildman–Crippen LogP) is 5.50. The number of benzene rings is 2. The van der Waals surface area contributed by atoms with Crippen molar-refractivity contribution in [2.45, 2.75) is 0 Å². The number of nitrogens with zero attached hydrogens (tertiary/aromatic N) is 3. The van der Waals surface area contributed by atoms with Gasteiger partial charge in [-0.05, 0) is 24.3 Å². The lowest BCUT2D eigenvalue weighted by Gasteiger charge is -1.99. The Hall–Kier alpha value is -2.87. The summed E-state index contributed by atoms with van der Waals surface area (Å²) in [6.45, 7) is 0. The Labute approximate surface area is 172 Å². The highest BCUT2D eigenvalue weighted by Crippen LogP contribution is 2.27. The van der Waals surface area contributed by atoms with E-state index in [4.69, 9.17) is 23.2 Å². The Bertz CT molecular complexity index is 1340. The average molecular weight is 428 g/mol. The molecule has 1 amide bonds. The molecule has 5 rings (SSSR count). The van der Waals surface area contributed by atoms with Gasteiger partial charge in [-0.2, -0.15) is 4.98 Å². The Morgan fingerprint density at radius 2 is 1.96 bits per heavy atom. The molecule has 2 aromatic carbocycles. The van der Waals surface area contributed by atoms with E-state index >= 15 is 0 Å². The lowest BCUT2D eigenvalue weighted by molar-refractivity contribution is 0.102. The number of aromatic amines is 1. The van der Waals surface area contributed by atoms with Crippen LogP contribution in [0, 0.1) is 0 Å². The number of nitrogens with one attached hydrogen (secondary N) is 2. The monoisotopic (exact) mass is 427 g/mol. The molecule has 2 N–H and O–H groups in total. The molecule has 6 nitrogen and oxygen atoms in total. The number of fused-ring (bicyclic) bond motifs is 2. The first-order valence-corrected chi connectivity index (χ1v) is 9.91. The van der Waals surface area contributed by atoms with Gasteiger partial charge in [-0.15, -0.1) is 16.4 Å². The average Bonchev–Trinajstić information content (AvgIpc) is 3.37. The molecule has 0 saturated carbocycles. The van der Waals surface area contributed by atoms with Crippen LogP contribution in [0.4, 0.5) is 5.95 Å². The van der Waals surface area contributed by atoms with Crippen molar-refractivity contribution in [3.8, 4) is 11.3 Å². The highest BCUT2D eigenvalue weighted by Gasteiger charge is 2.16. The number of hydrogen-bond acceptors (Lipinski definition) is 4. The molecule has 0 radical (unpaired) electrons. The number of H-pyrrole nitrogens is 1. The van der Waals surface area contributed by atoms with Crippen molar-refractivity contribution in [3.63, 3.8) is 0 Å². The minimum Gasteiger partial charge on any atom is -0.349 e. The van der Waals surface area contributed by atoms with Crippen molar-refractivity contribution >= 4 is 62.3 Å². The highest BCUT2D eigenvalue weighted by molar-refractivity contribution is 7.15. The summed E-state index contributed by atoms with van der Waals surface area (Å²) < 4.78 is 1.70. The van der Waals surface area contributed by atoms with Crippen molar-refractivity contribution in [2.24, 2.45) is 0 Å². The predicted molar refractivity (Wildman–Crippen MR) is 113 cm³/mol. The second-order valence-corrected chi connectivity index (χ2v) is 7.78. The summed E-state index contributed by atoms with van der Waals surface area (Å²) in [4.78, 5) is 20.7. The zero-order chi connectivity index (χ0) is 19.3. The topological polar surface area (TPSA) is 75.1 Å². The molecule has 28 heavy (non-hydrogen) atoms. The third-order valence-corrected chi connectivity index (χ3v) is 5.68. The van der Waals surface area contributed by atoms with Gasteiger partial charge in [0.05, 0.1) is 16.2 Å². The highest BCUT2D eigenvalue weighted by atomic mass is 35.5. The number of amides is 1. The summed E-state index contributed by atoms with van der Waals surface area (Å²) >= 11 is 13.6.